The quantitative estimate of drug-likeness (QED) is 0.511. The predicted octanol–water partition coefficient (Wildman–Crippen LogP) is 2.26. The molecule has 0 saturated heterocycles. The SMILES string of the molecule is Cc1ccccc1CC(C)N=C=O. The van der Waals surface area contributed by atoms with Crippen molar-refractivity contribution in [3.05, 3.63) is 35.4 Å². The Kier molecular flexibility index (Phi) is 3.41. The molecule has 0 aliphatic rings. The standard InChI is InChI=1S/C11H13NO/c1-9-5-3-4-6-11(9)7-10(2)12-8-13/h3-6,10H,7H2,1-2H3. The summed E-state index contributed by atoms with van der Waals surface area (Å²) in [7, 11) is 0. The van der Waals surface area contributed by atoms with Gasteiger partial charge in [0.1, 0.15) is 0 Å². The van der Waals surface area contributed by atoms with E-state index in [1.807, 2.05) is 19.1 Å². The average Bonchev–Trinajstić information content (AvgIpc) is 2.09. The van der Waals surface area contributed by atoms with Gasteiger partial charge >= 0.3 is 0 Å². The van der Waals surface area contributed by atoms with Crippen LogP contribution < -0.4 is 0 Å². The monoisotopic (exact) mass is 175 g/mol. The lowest BCUT2D eigenvalue weighted by atomic mass is 10.0. The van der Waals surface area contributed by atoms with Gasteiger partial charge in [0, 0.05) is 0 Å². The van der Waals surface area contributed by atoms with E-state index >= 15 is 0 Å². The van der Waals surface area contributed by atoms with Gasteiger partial charge in [-0.25, -0.2) is 9.79 Å². The Bertz CT molecular complexity index is 327. The molecule has 0 N–H and O–H groups in total. The summed E-state index contributed by atoms with van der Waals surface area (Å²) in [5, 5.41) is 0. The van der Waals surface area contributed by atoms with Crippen LogP contribution in [-0.2, 0) is 11.2 Å². The molecule has 0 heterocycles. The molecule has 0 bridgehead atoms. The molecule has 1 aromatic rings. The summed E-state index contributed by atoms with van der Waals surface area (Å²) < 4.78 is 0. The molecule has 0 amide bonds. The zero-order valence-electron chi connectivity index (χ0n) is 7.95. The summed E-state index contributed by atoms with van der Waals surface area (Å²) in [6.07, 6.45) is 2.39. The first-order valence-corrected chi connectivity index (χ1v) is 4.35. The molecular weight excluding hydrogens is 162 g/mol. The van der Waals surface area contributed by atoms with Crippen LogP contribution in [0.2, 0.25) is 0 Å². The van der Waals surface area contributed by atoms with Gasteiger partial charge in [0.05, 0.1) is 6.04 Å². The smallest absolute Gasteiger partial charge is 0.211 e. The highest BCUT2D eigenvalue weighted by Crippen LogP contribution is 2.10. The van der Waals surface area contributed by atoms with Gasteiger partial charge < -0.3 is 0 Å². The number of carbonyl (C=O) groups excluding carboxylic acids is 1. The number of isocyanates is 1. The van der Waals surface area contributed by atoms with Crippen LogP contribution in [0.1, 0.15) is 18.1 Å². The van der Waals surface area contributed by atoms with Gasteiger partial charge in [-0.05, 0) is 31.4 Å². The summed E-state index contributed by atoms with van der Waals surface area (Å²) in [6.45, 7) is 3.98. The normalized spacial score (nSPS) is 11.8. The summed E-state index contributed by atoms with van der Waals surface area (Å²) >= 11 is 0. The third-order valence-electron chi connectivity index (χ3n) is 2.05. The van der Waals surface area contributed by atoms with E-state index in [4.69, 9.17) is 0 Å². The summed E-state index contributed by atoms with van der Waals surface area (Å²) in [5.74, 6) is 0. The van der Waals surface area contributed by atoms with Gasteiger partial charge in [0.25, 0.3) is 0 Å². The van der Waals surface area contributed by atoms with Crippen LogP contribution in [0.25, 0.3) is 0 Å². The second-order valence-corrected chi connectivity index (χ2v) is 3.20. The first-order valence-electron chi connectivity index (χ1n) is 4.35. The van der Waals surface area contributed by atoms with E-state index in [-0.39, 0.29) is 6.04 Å². The number of aliphatic imine (C=N–C) groups is 1. The highest BCUT2D eigenvalue weighted by molar-refractivity contribution is 5.34. The summed E-state index contributed by atoms with van der Waals surface area (Å²) in [5.41, 5.74) is 2.49. The molecule has 0 saturated carbocycles. The van der Waals surface area contributed by atoms with Crippen LogP contribution in [-0.4, -0.2) is 12.1 Å². The zero-order chi connectivity index (χ0) is 9.68. The maximum absolute atomic E-state index is 10.00. The van der Waals surface area contributed by atoms with E-state index in [0.717, 1.165) is 6.42 Å². The van der Waals surface area contributed by atoms with E-state index in [2.05, 4.69) is 24.0 Å². The largest absolute Gasteiger partial charge is 0.235 e. The van der Waals surface area contributed by atoms with Gasteiger partial charge in [-0.2, -0.15) is 0 Å². The molecule has 0 radical (unpaired) electrons. The Morgan fingerprint density at radius 1 is 1.46 bits per heavy atom. The number of hydrogen-bond donors (Lipinski definition) is 0. The second-order valence-electron chi connectivity index (χ2n) is 3.20. The molecule has 1 atom stereocenters. The molecule has 2 nitrogen and oxygen atoms in total. The van der Waals surface area contributed by atoms with Crippen molar-refractivity contribution >= 4 is 6.08 Å². The topological polar surface area (TPSA) is 29.4 Å². The van der Waals surface area contributed by atoms with Crippen molar-refractivity contribution < 1.29 is 4.79 Å². The highest BCUT2D eigenvalue weighted by atomic mass is 16.1. The first-order chi connectivity index (χ1) is 6.24. The van der Waals surface area contributed by atoms with Crippen LogP contribution in [0.15, 0.2) is 29.3 Å². The lowest BCUT2D eigenvalue weighted by Gasteiger charge is -2.06. The zero-order valence-corrected chi connectivity index (χ0v) is 7.95. The molecule has 0 aliphatic carbocycles. The van der Waals surface area contributed by atoms with Crippen molar-refractivity contribution in [1.82, 2.24) is 0 Å². The molecule has 0 aromatic heterocycles. The van der Waals surface area contributed by atoms with Crippen molar-refractivity contribution in [3.63, 3.8) is 0 Å². The fourth-order valence-corrected chi connectivity index (χ4v) is 1.29. The van der Waals surface area contributed by atoms with Crippen molar-refractivity contribution in [2.75, 3.05) is 0 Å². The van der Waals surface area contributed by atoms with Crippen LogP contribution >= 0.6 is 0 Å². The Balaban J connectivity index is 2.74. The Hall–Kier alpha value is -1.40. The fourth-order valence-electron chi connectivity index (χ4n) is 1.29. The summed E-state index contributed by atoms with van der Waals surface area (Å²) in [6, 6.07) is 8.16. The molecule has 1 aromatic carbocycles. The highest BCUT2D eigenvalue weighted by Gasteiger charge is 2.02. The lowest BCUT2D eigenvalue weighted by molar-refractivity contribution is 0.558. The maximum atomic E-state index is 10.00. The van der Waals surface area contributed by atoms with Crippen molar-refractivity contribution in [1.29, 1.82) is 0 Å². The lowest BCUT2D eigenvalue weighted by Crippen LogP contribution is -2.03. The van der Waals surface area contributed by atoms with E-state index < -0.39 is 0 Å². The third-order valence-corrected chi connectivity index (χ3v) is 2.05. The number of aryl methyl sites for hydroxylation is 1. The summed E-state index contributed by atoms with van der Waals surface area (Å²) in [4.78, 5) is 13.7. The van der Waals surface area contributed by atoms with Gasteiger partial charge in [0.2, 0.25) is 6.08 Å². The number of rotatable bonds is 3. The Labute approximate surface area is 78.3 Å². The van der Waals surface area contributed by atoms with Gasteiger partial charge in [-0.15, -0.1) is 0 Å². The molecule has 2 heteroatoms. The molecule has 1 unspecified atom stereocenters. The van der Waals surface area contributed by atoms with Crippen LogP contribution in [0.4, 0.5) is 0 Å². The van der Waals surface area contributed by atoms with Crippen molar-refractivity contribution in [2.24, 2.45) is 4.99 Å². The van der Waals surface area contributed by atoms with Gasteiger partial charge in [-0.3, -0.25) is 0 Å². The van der Waals surface area contributed by atoms with Gasteiger partial charge in [-0.1, -0.05) is 24.3 Å². The van der Waals surface area contributed by atoms with Crippen LogP contribution in [0.5, 0.6) is 0 Å². The van der Waals surface area contributed by atoms with Crippen LogP contribution in [0.3, 0.4) is 0 Å². The Morgan fingerprint density at radius 3 is 2.77 bits per heavy atom. The van der Waals surface area contributed by atoms with Crippen molar-refractivity contribution in [3.8, 4) is 0 Å². The minimum absolute atomic E-state index is 0.0265. The number of benzene rings is 1. The minimum Gasteiger partial charge on any atom is -0.211 e. The third kappa shape index (κ3) is 2.85. The molecule has 0 fully saturated rings. The van der Waals surface area contributed by atoms with E-state index in [9.17, 15) is 4.79 Å². The van der Waals surface area contributed by atoms with E-state index in [1.165, 1.54) is 11.1 Å². The van der Waals surface area contributed by atoms with Crippen molar-refractivity contribution in [2.45, 2.75) is 26.3 Å². The Morgan fingerprint density at radius 2 is 2.15 bits per heavy atom. The second kappa shape index (κ2) is 4.58. The molecule has 0 spiro atoms. The predicted molar refractivity (Wildman–Crippen MR) is 52.5 cm³/mol. The molecule has 0 aliphatic heterocycles. The first kappa shape index (κ1) is 9.69. The molecule has 68 valence electrons. The van der Waals surface area contributed by atoms with Gasteiger partial charge in [0.15, 0.2) is 0 Å². The molecule has 1 rings (SSSR count). The average molecular weight is 175 g/mol. The minimum atomic E-state index is 0.0265. The molecule has 13 heavy (non-hydrogen) atoms. The molecular formula is C11H13NO. The fraction of sp³-hybridized carbons (Fsp3) is 0.364. The van der Waals surface area contributed by atoms with Crippen LogP contribution in [0, 0.1) is 6.92 Å². The number of hydrogen-bond acceptors (Lipinski definition) is 2. The van der Waals surface area contributed by atoms with E-state index in [0.29, 0.717) is 0 Å². The van der Waals surface area contributed by atoms with E-state index in [1.54, 1.807) is 6.08 Å². The number of nitrogens with zero attached hydrogens (tertiary/aromatic N) is 1. The maximum Gasteiger partial charge on any atom is 0.235 e.